The van der Waals surface area contributed by atoms with Crippen molar-refractivity contribution < 1.29 is 14.3 Å². The SMILES string of the molecule is O=C1CCC(OC2CCOC3(CCSC3)C2)CC1. The maximum atomic E-state index is 11.2. The van der Waals surface area contributed by atoms with Crippen LogP contribution in [0.1, 0.15) is 44.9 Å². The topological polar surface area (TPSA) is 35.5 Å². The number of hydrogen-bond acceptors (Lipinski definition) is 4. The Morgan fingerprint density at radius 2 is 2.06 bits per heavy atom. The molecule has 0 bridgehead atoms. The minimum absolute atomic E-state index is 0.109. The van der Waals surface area contributed by atoms with Gasteiger partial charge in [-0.15, -0.1) is 0 Å². The number of thioether (sulfide) groups is 1. The largest absolute Gasteiger partial charge is 0.375 e. The van der Waals surface area contributed by atoms with E-state index < -0.39 is 0 Å². The van der Waals surface area contributed by atoms with Crippen LogP contribution in [0.25, 0.3) is 0 Å². The number of rotatable bonds is 2. The Labute approximate surface area is 113 Å². The van der Waals surface area contributed by atoms with Crippen molar-refractivity contribution in [1.29, 1.82) is 0 Å². The molecule has 2 aliphatic heterocycles. The lowest BCUT2D eigenvalue weighted by Crippen LogP contribution is -2.44. The predicted octanol–water partition coefficient (Wildman–Crippen LogP) is 2.57. The molecule has 2 unspecified atom stereocenters. The van der Waals surface area contributed by atoms with Gasteiger partial charge in [-0.1, -0.05) is 0 Å². The van der Waals surface area contributed by atoms with Crippen LogP contribution < -0.4 is 0 Å². The fourth-order valence-corrected chi connectivity index (χ4v) is 4.66. The van der Waals surface area contributed by atoms with Crippen LogP contribution >= 0.6 is 11.8 Å². The van der Waals surface area contributed by atoms with Crippen molar-refractivity contribution in [3.05, 3.63) is 0 Å². The quantitative estimate of drug-likeness (QED) is 0.772. The van der Waals surface area contributed by atoms with E-state index >= 15 is 0 Å². The van der Waals surface area contributed by atoms with Gasteiger partial charge in [-0.25, -0.2) is 0 Å². The molecule has 0 amide bonds. The molecule has 2 heterocycles. The molecule has 0 aromatic carbocycles. The second kappa shape index (κ2) is 5.51. The molecule has 1 saturated carbocycles. The normalized spacial score (nSPS) is 38.4. The van der Waals surface area contributed by atoms with Gasteiger partial charge in [0.1, 0.15) is 5.78 Å². The highest BCUT2D eigenvalue weighted by Gasteiger charge is 2.41. The number of carbonyl (C=O) groups is 1. The summed E-state index contributed by atoms with van der Waals surface area (Å²) in [4.78, 5) is 11.2. The van der Waals surface area contributed by atoms with E-state index in [4.69, 9.17) is 9.47 Å². The number of hydrogen-bond donors (Lipinski definition) is 0. The van der Waals surface area contributed by atoms with Crippen molar-refractivity contribution in [3.63, 3.8) is 0 Å². The summed E-state index contributed by atoms with van der Waals surface area (Å²) in [6.07, 6.45) is 7.23. The first-order valence-corrected chi connectivity index (χ1v) is 8.30. The zero-order chi connectivity index (χ0) is 12.4. The van der Waals surface area contributed by atoms with Gasteiger partial charge in [0.2, 0.25) is 0 Å². The van der Waals surface area contributed by atoms with Crippen LogP contribution in [0.3, 0.4) is 0 Å². The molecule has 2 saturated heterocycles. The summed E-state index contributed by atoms with van der Waals surface area (Å²) in [5, 5.41) is 0. The summed E-state index contributed by atoms with van der Waals surface area (Å²) in [6, 6.07) is 0. The molecule has 3 fully saturated rings. The van der Waals surface area contributed by atoms with Gasteiger partial charge in [-0.3, -0.25) is 4.79 Å². The first-order valence-electron chi connectivity index (χ1n) is 7.15. The Balaban J connectivity index is 1.51. The highest BCUT2D eigenvalue weighted by molar-refractivity contribution is 7.99. The summed E-state index contributed by atoms with van der Waals surface area (Å²) in [5.74, 6) is 2.77. The summed E-state index contributed by atoms with van der Waals surface area (Å²) < 4.78 is 12.2. The molecule has 3 nitrogen and oxygen atoms in total. The fraction of sp³-hybridized carbons (Fsp3) is 0.929. The number of carbonyl (C=O) groups excluding carboxylic acids is 1. The van der Waals surface area contributed by atoms with Crippen molar-refractivity contribution in [2.75, 3.05) is 18.1 Å². The third-order valence-corrected chi connectivity index (χ3v) is 5.61. The molecule has 3 aliphatic rings. The van der Waals surface area contributed by atoms with E-state index in [9.17, 15) is 4.79 Å². The monoisotopic (exact) mass is 270 g/mol. The maximum Gasteiger partial charge on any atom is 0.133 e. The Kier molecular flexibility index (Phi) is 3.97. The molecule has 0 aromatic heterocycles. The molecule has 1 aliphatic carbocycles. The Hall–Kier alpha value is -0.0600. The maximum absolute atomic E-state index is 11.2. The standard InChI is InChI=1S/C14H22O3S/c15-11-1-3-12(4-2-11)17-13-5-7-16-14(9-13)6-8-18-10-14/h12-13H,1-10H2. The van der Waals surface area contributed by atoms with E-state index in [1.807, 2.05) is 11.8 Å². The van der Waals surface area contributed by atoms with Crippen LogP contribution in [0.5, 0.6) is 0 Å². The third kappa shape index (κ3) is 2.91. The van der Waals surface area contributed by atoms with Crippen molar-refractivity contribution >= 4 is 17.5 Å². The first kappa shape index (κ1) is 12.9. The van der Waals surface area contributed by atoms with E-state index in [2.05, 4.69) is 0 Å². The van der Waals surface area contributed by atoms with Crippen molar-refractivity contribution in [3.8, 4) is 0 Å². The fourth-order valence-electron chi connectivity index (χ4n) is 3.28. The zero-order valence-corrected chi connectivity index (χ0v) is 11.7. The van der Waals surface area contributed by atoms with Gasteiger partial charge in [0.25, 0.3) is 0 Å². The number of Topliss-reactive ketones (excluding diaryl/α,β-unsaturated/α-hetero) is 1. The van der Waals surface area contributed by atoms with Crippen LogP contribution in [-0.4, -0.2) is 41.7 Å². The molecular formula is C14H22O3S. The van der Waals surface area contributed by atoms with Gasteiger partial charge in [0.15, 0.2) is 0 Å². The van der Waals surface area contributed by atoms with Gasteiger partial charge < -0.3 is 9.47 Å². The second-order valence-electron chi connectivity index (χ2n) is 5.82. The van der Waals surface area contributed by atoms with Gasteiger partial charge in [0.05, 0.1) is 17.8 Å². The summed E-state index contributed by atoms with van der Waals surface area (Å²) >= 11 is 2.00. The molecule has 0 aromatic rings. The number of ether oxygens (including phenoxy) is 2. The highest BCUT2D eigenvalue weighted by Crippen LogP contribution is 2.39. The average Bonchev–Trinajstić information content (AvgIpc) is 2.80. The summed E-state index contributed by atoms with van der Waals surface area (Å²) in [7, 11) is 0. The minimum atomic E-state index is 0.109. The van der Waals surface area contributed by atoms with Gasteiger partial charge in [0, 0.05) is 31.6 Å². The molecule has 1 spiro atoms. The van der Waals surface area contributed by atoms with E-state index in [1.165, 1.54) is 12.2 Å². The van der Waals surface area contributed by atoms with E-state index in [1.54, 1.807) is 0 Å². The number of ketones is 1. The van der Waals surface area contributed by atoms with Gasteiger partial charge >= 0.3 is 0 Å². The molecule has 18 heavy (non-hydrogen) atoms. The highest BCUT2D eigenvalue weighted by atomic mass is 32.2. The molecule has 2 atom stereocenters. The lowest BCUT2D eigenvalue weighted by atomic mass is 9.90. The average molecular weight is 270 g/mol. The van der Waals surface area contributed by atoms with Gasteiger partial charge in [-0.2, -0.15) is 11.8 Å². The smallest absolute Gasteiger partial charge is 0.133 e. The predicted molar refractivity (Wildman–Crippen MR) is 72.0 cm³/mol. The Morgan fingerprint density at radius 1 is 1.22 bits per heavy atom. The molecule has 0 N–H and O–H groups in total. The van der Waals surface area contributed by atoms with Crippen molar-refractivity contribution in [2.45, 2.75) is 62.8 Å². The van der Waals surface area contributed by atoms with Crippen LogP contribution in [0.15, 0.2) is 0 Å². The molecule has 4 heteroatoms. The lowest BCUT2D eigenvalue weighted by Gasteiger charge is -2.39. The van der Waals surface area contributed by atoms with E-state index in [0.29, 0.717) is 18.0 Å². The van der Waals surface area contributed by atoms with E-state index in [-0.39, 0.29) is 5.60 Å². The minimum Gasteiger partial charge on any atom is -0.375 e. The Bertz CT molecular complexity index is 302. The van der Waals surface area contributed by atoms with E-state index in [0.717, 1.165) is 50.9 Å². The molecule has 3 rings (SSSR count). The van der Waals surface area contributed by atoms with Crippen LogP contribution in [0, 0.1) is 0 Å². The zero-order valence-electron chi connectivity index (χ0n) is 10.9. The first-order chi connectivity index (χ1) is 8.76. The van der Waals surface area contributed by atoms with Crippen molar-refractivity contribution in [2.24, 2.45) is 0 Å². The third-order valence-electron chi connectivity index (χ3n) is 4.39. The van der Waals surface area contributed by atoms with Crippen LogP contribution in [0.2, 0.25) is 0 Å². The Morgan fingerprint density at radius 3 is 2.78 bits per heavy atom. The van der Waals surface area contributed by atoms with Crippen molar-refractivity contribution in [1.82, 2.24) is 0 Å². The molecular weight excluding hydrogens is 248 g/mol. The lowest BCUT2D eigenvalue weighted by molar-refractivity contribution is -0.145. The van der Waals surface area contributed by atoms with Crippen LogP contribution in [0.4, 0.5) is 0 Å². The summed E-state index contributed by atoms with van der Waals surface area (Å²) in [5.41, 5.74) is 0.109. The van der Waals surface area contributed by atoms with Gasteiger partial charge in [-0.05, 0) is 31.4 Å². The molecule has 102 valence electrons. The molecule has 0 radical (unpaired) electrons. The second-order valence-corrected chi connectivity index (χ2v) is 6.93. The van der Waals surface area contributed by atoms with Crippen LogP contribution in [-0.2, 0) is 14.3 Å². The summed E-state index contributed by atoms with van der Waals surface area (Å²) in [6.45, 7) is 0.844.